The maximum absolute atomic E-state index is 11.8. The number of rotatable bonds is 2. The molecule has 6 N–H and O–H groups in total. The number of hydrogen-bond acceptors (Lipinski definition) is 5. The molecule has 0 spiro atoms. The van der Waals surface area contributed by atoms with Crippen molar-refractivity contribution in [3.8, 4) is 11.5 Å². The molecule has 0 aliphatic rings. The summed E-state index contributed by atoms with van der Waals surface area (Å²) in [6, 6.07) is 4.09. The molecule has 0 saturated carbocycles. The standard InChI is InChI=1S/C10H10N4O3/c11-6-4-12-14-9(6)13-10(17)5-2-1-3-7(15)8(5)16/h1-4,15-16H,11H2,(H2,12,13,14,17). The Hall–Kier alpha value is -2.70. The molecule has 1 aromatic heterocycles. The minimum atomic E-state index is -0.602. The Bertz CT molecular complexity index is 564. The number of phenols is 2. The number of phenolic OH excluding ortho intramolecular Hbond substituents is 2. The van der Waals surface area contributed by atoms with Gasteiger partial charge in [-0.25, -0.2) is 0 Å². The number of carbonyl (C=O) groups is 1. The van der Waals surface area contributed by atoms with Crippen LogP contribution in [0.3, 0.4) is 0 Å². The van der Waals surface area contributed by atoms with E-state index in [2.05, 4.69) is 15.5 Å². The largest absolute Gasteiger partial charge is 0.504 e. The van der Waals surface area contributed by atoms with Crippen molar-refractivity contribution in [2.75, 3.05) is 11.1 Å². The molecule has 2 aromatic rings. The van der Waals surface area contributed by atoms with Crippen LogP contribution in [0.25, 0.3) is 0 Å². The van der Waals surface area contributed by atoms with E-state index in [0.29, 0.717) is 0 Å². The average molecular weight is 234 g/mol. The van der Waals surface area contributed by atoms with Gasteiger partial charge in [-0.2, -0.15) is 5.10 Å². The van der Waals surface area contributed by atoms with Crippen molar-refractivity contribution in [1.82, 2.24) is 10.2 Å². The van der Waals surface area contributed by atoms with Gasteiger partial charge < -0.3 is 21.3 Å². The van der Waals surface area contributed by atoms with Gasteiger partial charge in [-0.1, -0.05) is 6.07 Å². The molecule has 7 heteroatoms. The van der Waals surface area contributed by atoms with Crippen LogP contribution in [0, 0.1) is 0 Å². The zero-order valence-electron chi connectivity index (χ0n) is 8.64. The molecule has 0 atom stereocenters. The molecule has 88 valence electrons. The van der Waals surface area contributed by atoms with Gasteiger partial charge in [0.05, 0.1) is 17.4 Å². The number of aromatic nitrogens is 2. The average Bonchev–Trinajstić information content (AvgIpc) is 2.68. The fourth-order valence-electron chi connectivity index (χ4n) is 1.29. The van der Waals surface area contributed by atoms with Gasteiger partial charge in [-0.3, -0.25) is 9.89 Å². The van der Waals surface area contributed by atoms with E-state index in [0.717, 1.165) is 0 Å². The molecule has 0 bridgehead atoms. The lowest BCUT2D eigenvalue weighted by molar-refractivity contribution is 0.102. The summed E-state index contributed by atoms with van der Waals surface area (Å²) in [5.41, 5.74) is 5.73. The molecule has 7 nitrogen and oxygen atoms in total. The quantitative estimate of drug-likeness (QED) is 0.488. The number of amides is 1. The predicted octanol–water partition coefficient (Wildman–Crippen LogP) is 0.655. The summed E-state index contributed by atoms with van der Waals surface area (Å²) in [7, 11) is 0. The number of nitrogens with one attached hydrogen (secondary N) is 2. The summed E-state index contributed by atoms with van der Waals surface area (Å²) in [5.74, 6) is -1.22. The molecular weight excluding hydrogens is 224 g/mol. The zero-order valence-corrected chi connectivity index (χ0v) is 8.64. The SMILES string of the molecule is Nc1cn[nH]c1NC(=O)c1cccc(O)c1O. The number of nitrogens with two attached hydrogens (primary N) is 1. The number of carbonyl (C=O) groups excluding carboxylic acids is 1. The number of aromatic hydroxyl groups is 2. The van der Waals surface area contributed by atoms with E-state index in [-0.39, 0.29) is 22.8 Å². The van der Waals surface area contributed by atoms with E-state index in [1.807, 2.05) is 0 Å². The van der Waals surface area contributed by atoms with Gasteiger partial charge in [-0.05, 0) is 12.1 Å². The number of nitrogen functional groups attached to an aromatic ring is 1. The fraction of sp³-hybridized carbons (Fsp3) is 0. The molecule has 0 saturated heterocycles. The first kappa shape index (κ1) is 10.8. The Balaban J connectivity index is 2.27. The Morgan fingerprint density at radius 2 is 2.18 bits per heavy atom. The number of aromatic amines is 1. The molecule has 0 aliphatic carbocycles. The van der Waals surface area contributed by atoms with Crippen LogP contribution >= 0.6 is 0 Å². The number of nitrogens with zero attached hydrogens (tertiary/aromatic N) is 1. The highest BCUT2D eigenvalue weighted by molar-refractivity contribution is 6.07. The third-order valence-electron chi connectivity index (χ3n) is 2.17. The van der Waals surface area contributed by atoms with Crippen molar-refractivity contribution < 1.29 is 15.0 Å². The third-order valence-corrected chi connectivity index (χ3v) is 2.17. The first-order valence-corrected chi connectivity index (χ1v) is 4.70. The molecule has 1 heterocycles. The van der Waals surface area contributed by atoms with Crippen molar-refractivity contribution in [1.29, 1.82) is 0 Å². The second-order valence-electron chi connectivity index (χ2n) is 3.33. The molecule has 0 unspecified atom stereocenters. The van der Waals surface area contributed by atoms with Gasteiger partial charge in [0.25, 0.3) is 5.91 Å². The third kappa shape index (κ3) is 1.98. The zero-order chi connectivity index (χ0) is 12.4. The van der Waals surface area contributed by atoms with Crippen LogP contribution < -0.4 is 11.1 Å². The maximum Gasteiger partial charge on any atom is 0.260 e. The summed E-state index contributed by atoms with van der Waals surface area (Å²) in [4.78, 5) is 11.8. The Morgan fingerprint density at radius 3 is 2.82 bits per heavy atom. The van der Waals surface area contributed by atoms with Crippen LogP contribution in [-0.2, 0) is 0 Å². The lowest BCUT2D eigenvalue weighted by atomic mass is 10.1. The molecule has 2 rings (SSSR count). The normalized spacial score (nSPS) is 10.1. The van der Waals surface area contributed by atoms with Gasteiger partial charge in [-0.15, -0.1) is 0 Å². The van der Waals surface area contributed by atoms with Gasteiger partial charge in [0.2, 0.25) is 0 Å². The van der Waals surface area contributed by atoms with E-state index >= 15 is 0 Å². The molecule has 1 aromatic carbocycles. The number of H-pyrrole nitrogens is 1. The highest BCUT2D eigenvalue weighted by atomic mass is 16.3. The lowest BCUT2D eigenvalue weighted by Gasteiger charge is -2.06. The van der Waals surface area contributed by atoms with Crippen molar-refractivity contribution in [3.05, 3.63) is 30.0 Å². The summed E-state index contributed by atoms with van der Waals surface area (Å²) < 4.78 is 0. The second-order valence-corrected chi connectivity index (χ2v) is 3.33. The summed E-state index contributed by atoms with van der Waals surface area (Å²) in [5, 5.41) is 27.3. The van der Waals surface area contributed by atoms with Crippen LogP contribution in [-0.4, -0.2) is 26.3 Å². The van der Waals surface area contributed by atoms with Crippen LogP contribution in [0.2, 0.25) is 0 Å². The van der Waals surface area contributed by atoms with Gasteiger partial charge >= 0.3 is 0 Å². The van der Waals surface area contributed by atoms with Gasteiger partial charge in [0, 0.05) is 0 Å². The van der Waals surface area contributed by atoms with Crippen molar-refractivity contribution in [2.45, 2.75) is 0 Å². The number of hydrogen-bond donors (Lipinski definition) is 5. The monoisotopic (exact) mass is 234 g/mol. The minimum absolute atomic E-state index is 0.0565. The number of anilines is 2. The van der Waals surface area contributed by atoms with E-state index < -0.39 is 11.7 Å². The van der Waals surface area contributed by atoms with Crippen LogP contribution in [0.4, 0.5) is 11.5 Å². The summed E-state index contributed by atoms with van der Waals surface area (Å²) in [6.07, 6.45) is 1.35. The van der Waals surface area contributed by atoms with Crippen molar-refractivity contribution in [2.24, 2.45) is 0 Å². The maximum atomic E-state index is 11.8. The van der Waals surface area contributed by atoms with E-state index in [9.17, 15) is 15.0 Å². The summed E-state index contributed by atoms with van der Waals surface area (Å²) in [6.45, 7) is 0. The fourth-order valence-corrected chi connectivity index (χ4v) is 1.29. The molecule has 17 heavy (non-hydrogen) atoms. The second kappa shape index (κ2) is 4.05. The lowest BCUT2D eigenvalue weighted by Crippen LogP contribution is -2.13. The van der Waals surface area contributed by atoms with E-state index in [1.54, 1.807) is 0 Å². The van der Waals surface area contributed by atoms with E-state index in [1.165, 1.54) is 24.4 Å². The van der Waals surface area contributed by atoms with Crippen LogP contribution in [0.5, 0.6) is 11.5 Å². The Kier molecular flexibility index (Phi) is 2.57. The number of benzene rings is 1. The predicted molar refractivity (Wildman–Crippen MR) is 60.7 cm³/mol. The van der Waals surface area contributed by atoms with Gasteiger partial charge in [0.1, 0.15) is 0 Å². The molecule has 0 aliphatic heterocycles. The Labute approximate surface area is 95.9 Å². The molecule has 0 radical (unpaired) electrons. The minimum Gasteiger partial charge on any atom is -0.504 e. The van der Waals surface area contributed by atoms with Crippen molar-refractivity contribution >= 4 is 17.4 Å². The van der Waals surface area contributed by atoms with Gasteiger partial charge in [0.15, 0.2) is 17.3 Å². The van der Waals surface area contributed by atoms with Crippen LogP contribution in [0.1, 0.15) is 10.4 Å². The number of para-hydroxylation sites is 1. The molecule has 0 fully saturated rings. The summed E-state index contributed by atoms with van der Waals surface area (Å²) >= 11 is 0. The molecular formula is C10H10N4O3. The topological polar surface area (TPSA) is 124 Å². The highest BCUT2D eigenvalue weighted by Crippen LogP contribution is 2.28. The molecule has 1 amide bonds. The highest BCUT2D eigenvalue weighted by Gasteiger charge is 2.15. The first-order valence-electron chi connectivity index (χ1n) is 4.70. The Morgan fingerprint density at radius 1 is 1.41 bits per heavy atom. The smallest absolute Gasteiger partial charge is 0.260 e. The van der Waals surface area contributed by atoms with Crippen molar-refractivity contribution in [3.63, 3.8) is 0 Å². The van der Waals surface area contributed by atoms with Crippen LogP contribution in [0.15, 0.2) is 24.4 Å². The van der Waals surface area contributed by atoms with E-state index in [4.69, 9.17) is 5.73 Å². The first-order chi connectivity index (χ1) is 8.09.